The molecule has 6 heteroatoms. The largest absolute Gasteiger partial charge is 1.00 e. The molecule has 0 amide bonds. The molecular weight excluding hydrogens is 222 g/mol. The van der Waals surface area contributed by atoms with Crippen molar-refractivity contribution in [2.45, 2.75) is 13.8 Å². The van der Waals surface area contributed by atoms with Crippen molar-refractivity contribution in [3.63, 3.8) is 0 Å². The maximum atomic E-state index is 9.26. The third kappa shape index (κ3) is 120. The van der Waals surface area contributed by atoms with Crippen molar-refractivity contribution < 1.29 is 112 Å². The van der Waals surface area contributed by atoms with Crippen LogP contribution in [0.15, 0.2) is 0 Å². The molecule has 0 aromatic heterocycles. The Morgan fingerprint density at radius 2 is 0.900 bits per heavy atom. The number of hydrogen-bond donors (Lipinski definition) is 0. The van der Waals surface area contributed by atoms with Crippen LogP contribution < -0.4 is 103 Å². The van der Waals surface area contributed by atoms with Gasteiger partial charge in [0.05, 0.1) is 0 Å². The second-order valence-corrected chi connectivity index (χ2v) is 2.13. The van der Waals surface area contributed by atoms with E-state index < -0.39 is 0 Å². The second kappa shape index (κ2) is 18.0. The van der Waals surface area contributed by atoms with Gasteiger partial charge in [0.1, 0.15) is 0 Å². The van der Waals surface area contributed by atoms with Crippen LogP contribution in [0.25, 0.3) is 0 Å². The molecule has 0 aliphatic heterocycles. The summed E-state index contributed by atoms with van der Waals surface area (Å²) in [6, 6.07) is 0. The van der Waals surface area contributed by atoms with Gasteiger partial charge in [-0.1, -0.05) is 0 Å². The van der Waals surface area contributed by atoms with Gasteiger partial charge in [-0.15, -0.1) is 0 Å². The Balaban J connectivity index is -0.0000000300. The molecule has 0 N–H and O–H groups in total. The minimum absolute atomic E-state index is 0. The van der Waals surface area contributed by atoms with Crippen molar-refractivity contribution in [1.82, 2.24) is 0 Å². The zero-order chi connectivity index (χ0) is 7.15. The van der Waals surface area contributed by atoms with Gasteiger partial charge in [-0.3, -0.25) is 0 Å². The fraction of sp³-hybridized carbons (Fsp3) is 0.500. The van der Waals surface area contributed by atoms with E-state index in [0.29, 0.717) is 0 Å². The van der Waals surface area contributed by atoms with Crippen LogP contribution >= 0.6 is 0 Å². The normalized spacial score (nSPS) is 5.00. The maximum Gasteiger partial charge on any atom is 1.00 e. The number of carbonyl (C=O) groups is 2. The predicted molar refractivity (Wildman–Crippen MR) is 36.1 cm³/mol. The van der Waals surface area contributed by atoms with E-state index in [2.05, 4.69) is 25.3 Å². The van der Waals surface area contributed by atoms with Crippen molar-refractivity contribution in [2.24, 2.45) is 0 Å². The van der Waals surface area contributed by atoms with Crippen molar-refractivity contribution >= 4 is 35.5 Å². The van der Waals surface area contributed by atoms with Gasteiger partial charge in [0.25, 0.3) is 0 Å². The van der Waals surface area contributed by atoms with Crippen LogP contribution in [0.4, 0.5) is 0 Å². The third-order valence-electron chi connectivity index (χ3n) is 0. The summed E-state index contributed by atoms with van der Waals surface area (Å²) < 4.78 is 0. The van der Waals surface area contributed by atoms with E-state index in [0.717, 1.165) is 0 Å². The molecule has 0 unspecified atom stereocenters. The molecule has 0 fully saturated rings. The standard InChI is InChI=1S/2C2H4OS.2K/c2*1-2(3)4;;/h2*1H3,(H,3,4);;/q;;2*+1/p-2. The van der Waals surface area contributed by atoms with Crippen molar-refractivity contribution in [3.05, 3.63) is 0 Å². The monoisotopic (exact) mass is 228 g/mol. The fourth-order valence-corrected chi connectivity index (χ4v) is 0. The summed E-state index contributed by atoms with van der Waals surface area (Å²) in [5.74, 6) is 0. The van der Waals surface area contributed by atoms with E-state index in [9.17, 15) is 9.59 Å². The summed E-state index contributed by atoms with van der Waals surface area (Å²) in [7, 11) is 0. The first-order valence-electron chi connectivity index (χ1n) is 1.82. The van der Waals surface area contributed by atoms with Crippen LogP contribution in [0, 0.1) is 0 Å². The SMILES string of the molecule is CC(=O)[S-].CC(=O)[S-].[K+].[K+]. The van der Waals surface area contributed by atoms with Gasteiger partial charge in [-0.25, -0.2) is 0 Å². The van der Waals surface area contributed by atoms with E-state index in [-0.39, 0.29) is 113 Å². The van der Waals surface area contributed by atoms with E-state index >= 15 is 0 Å². The molecular formula is C4H6K2O2S2. The average Bonchev–Trinajstić information content (AvgIpc) is 1.25. The summed E-state index contributed by atoms with van der Waals surface area (Å²) in [6.07, 6.45) is 0. The Morgan fingerprint density at radius 3 is 0.900 bits per heavy atom. The van der Waals surface area contributed by atoms with Gasteiger partial charge in [0, 0.05) is 10.2 Å². The minimum Gasteiger partial charge on any atom is -0.742 e. The summed E-state index contributed by atoms with van der Waals surface area (Å²) >= 11 is 7.96. The van der Waals surface area contributed by atoms with E-state index in [1.165, 1.54) is 13.8 Å². The molecule has 0 aromatic rings. The molecule has 0 aromatic carbocycles. The molecule has 2 nitrogen and oxygen atoms in total. The first-order valence-corrected chi connectivity index (χ1v) is 2.63. The van der Waals surface area contributed by atoms with Gasteiger partial charge >= 0.3 is 103 Å². The molecule has 0 saturated carbocycles. The molecule has 0 bridgehead atoms. The predicted octanol–water partition coefficient (Wildman–Crippen LogP) is -5.83. The average molecular weight is 228 g/mol. The van der Waals surface area contributed by atoms with E-state index in [1.807, 2.05) is 0 Å². The second-order valence-electron chi connectivity index (χ2n) is 0.983. The summed E-state index contributed by atoms with van der Waals surface area (Å²) in [5.41, 5.74) is 0. The van der Waals surface area contributed by atoms with E-state index in [4.69, 9.17) is 0 Å². The zero-order valence-corrected chi connectivity index (χ0v) is 14.5. The molecule has 0 saturated heterocycles. The Bertz CT molecular complexity index is 77.3. The molecule has 10 heavy (non-hydrogen) atoms. The Hall–Kier alpha value is 3.05. The molecule has 0 aliphatic rings. The van der Waals surface area contributed by atoms with Crippen LogP contribution in [0.3, 0.4) is 0 Å². The first kappa shape index (κ1) is 23.1. The number of rotatable bonds is 0. The molecule has 0 aliphatic carbocycles. The zero-order valence-electron chi connectivity index (χ0n) is 6.63. The molecule has 0 radical (unpaired) electrons. The molecule has 0 rings (SSSR count). The maximum absolute atomic E-state index is 9.26. The Kier molecular flexibility index (Phi) is 41.6. The van der Waals surface area contributed by atoms with Crippen LogP contribution in [-0.4, -0.2) is 10.2 Å². The Labute approximate surface area is 157 Å². The van der Waals surface area contributed by atoms with E-state index in [1.54, 1.807) is 0 Å². The van der Waals surface area contributed by atoms with Gasteiger partial charge in [0.2, 0.25) is 0 Å². The topological polar surface area (TPSA) is 34.1 Å². The van der Waals surface area contributed by atoms with Gasteiger partial charge in [0.15, 0.2) is 0 Å². The van der Waals surface area contributed by atoms with Crippen LogP contribution in [0.2, 0.25) is 0 Å². The number of hydrogen-bond acceptors (Lipinski definition) is 4. The summed E-state index contributed by atoms with van der Waals surface area (Å²) in [5, 5.41) is -0.500. The van der Waals surface area contributed by atoms with Crippen LogP contribution in [0.1, 0.15) is 13.8 Å². The van der Waals surface area contributed by atoms with Crippen molar-refractivity contribution in [3.8, 4) is 0 Å². The third-order valence-corrected chi connectivity index (χ3v) is 0. The van der Waals surface area contributed by atoms with Gasteiger partial charge < -0.3 is 34.8 Å². The number of carbonyl (C=O) groups excluding carboxylic acids is 2. The quantitative estimate of drug-likeness (QED) is 0.306. The molecule has 0 spiro atoms. The smallest absolute Gasteiger partial charge is 0.742 e. The van der Waals surface area contributed by atoms with Gasteiger partial charge in [-0.05, 0) is 13.8 Å². The van der Waals surface area contributed by atoms with Crippen LogP contribution in [0.5, 0.6) is 0 Å². The summed E-state index contributed by atoms with van der Waals surface area (Å²) in [4.78, 5) is 18.5. The molecule has 0 atom stereocenters. The Morgan fingerprint density at radius 1 is 0.900 bits per heavy atom. The van der Waals surface area contributed by atoms with Gasteiger partial charge in [-0.2, -0.15) is 0 Å². The van der Waals surface area contributed by atoms with Crippen LogP contribution in [-0.2, 0) is 34.8 Å². The molecule has 48 valence electrons. The minimum atomic E-state index is -0.250. The fourth-order valence-electron chi connectivity index (χ4n) is 0. The summed E-state index contributed by atoms with van der Waals surface area (Å²) in [6.45, 7) is 2.69. The van der Waals surface area contributed by atoms with Crippen molar-refractivity contribution in [2.75, 3.05) is 0 Å². The first-order chi connectivity index (χ1) is 3.46. The van der Waals surface area contributed by atoms with Crippen molar-refractivity contribution in [1.29, 1.82) is 0 Å². The molecule has 0 heterocycles.